The topological polar surface area (TPSA) is 68.3 Å². The number of carbonyl (C=O) groups is 2. The lowest BCUT2D eigenvalue weighted by atomic mass is 10.2. The molecule has 0 aliphatic heterocycles. The molecule has 5 nitrogen and oxygen atoms in total. The minimum absolute atomic E-state index is 0.335. The number of aromatic nitrogens is 1. The molecule has 0 radical (unpaired) electrons. The normalized spacial score (nSPS) is 9.85. The molecule has 0 fully saturated rings. The number of anilines is 1. The van der Waals surface area contributed by atoms with Gasteiger partial charge in [-0.05, 0) is 18.2 Å². The summed E-state index contributed by atoms with van der Waals surface area (Å²) in [6, 6.07) is 5.39. The Labute approximate surface area is 119 Å². The van der Waals surface area contributed by atoms with Gasteiger partial charge in [0, 0.05) is 22.8 Å². The van der Waals surface area contributed by atoms with Gasteiger partial charge < -0.3 is 10.1 Å². The molecule has 0 unspecified atom stereocenters. The van der Waals surface area contributed by atoms with E-state index in [1.165, 1.54) is 18.4 Å². The fourth-order valence-corrected chi connectivity index (χ4v) is 2.58. The molecule has 0 saturated heterocycles. The van der Waals surface area contributed by atoms with Gasteiger partial charge in [-0.25, -0.2) is 4.79 Å². The summed E-state index contributed by atoms with van der Waals surface area (Å²) in [7, 11) is 1.30. The highest BCUT2D eigenvalue weighted by Crippen LogP contribution is 2.34. The molecule has 102 valence electrons. The Bertz CT molecular complexity index is 650. The van der Waals surface area contributed by atoms with Crippen LogP contribution in [0.15, 0.2) is 43.2 Å². The molecule has 6 heteroatoms. The minimum atomic E-state index is -0.496. The summed E-state index contributed by atoms with van der Waals surface area (Å²) < 4.78 is 4.72. The molecule has 0 bridgehead atoms. The van der Waals surface area contributed by atoms with Crippen molar-refractivity contribution in [2.75, 3.05) is 12.4 Å². The number of rotatable bonds is 4. The summed E-state index contributed by atoms with van der Waals surface area (Å²) in [5, 5.41) is 2.60. The third-order valence-corrected chi connectivity index (χ3v) is 3.66. The number of carbonyl (C=O) groups excluding carboxylic acids is 2. The maximum atomic E-state index is 11.7. The van der Waals surface area contributed by atoms with Crippen molar-refractivity contribution in [2.24, 2.45) is 0 Å². The molecule has 2 aromatic heterocycles. The summed E-state index contributed by atoms with van der Waals surface area (Å²) in [5.41, 5.74) is 1.27. The molecule has 1 amide bonds. The molecule has 0 aromatic carbocycles. The molecule has 20 heavy (non-hydrogen) atoms. The van der Waals surface area contributed by atoms with Gasteiger partial charge in [-0.2, -0.15) is 0 Å². The first-order chi connectivity index (χ1) is 9.65. The van der Waals surface area contributed by atoms with Crippen molar-refractivity contribution in [1.29, 1.82) is 0 Å². The van der Waals surface area contributed by atoms with E-state index in [0.29, 0.717) is 10.6 Å². The maximum absolute atomic E-state index is 11.7. The number of thiophene rings is 1. The third-order valence-electron chi connectivity index (χ3n) is 2.49. The van der Waals surface area contributed by atoms with Crippen LogP contribution in [0.5, 0.6) is 0 Å². The minimum Gasteiger partial charge on any atom is -0.465 e. The first-order valence-corrected chi connectivity index (χ1v) is 6.53. The molecule has 0 aliphatic carbocycles. The second-order valence-electron chi connectivity index (χ2n) is 3.78. The molecule has 2 rings (SSSR count). The molecule has 0 saturated carbocycles. The van der Waals surface area contributed by atoms with E-state index in [1.807, 2.05) is 6.07 Å². The summed E-state index contributed by atoms with van der Waals surface area (Å²) >= 11 is 1.23. The van der Waals surface area contributed by atoms with Gasteiger partial charge in [0.05, 0.1) is 12.8 Å². The Morgan fingerprint density at radius 1 is 1.50 bits per heavy atom. The molecule has 2 heterocycles. The number of pyridine rings is 1. The average Bonchev–Trinajstić information content (AvgIpc) is 2.91. The Morgan fingerprint density at radius 3 is 2.90 bits per heavy atom. The van der Waals surface area contributed by atoms with Crippen LogP contribution in [-0.2, 0) is 9.53 Å². The number of hydrogen-bond acceptors (Lipinski definition) is 5. The van der Waals surface area contributed by atoms with Crippen LogP contribution >= 0.6 is 11.3 Å². The summed E-state index contributed by atoms with van der Waals surface area (Å²) in [4.78, 5) is 28.3. The van der Waals surface area contributed by atoms with E-state index in [1.54, 1.807) is 24.5 Å². The summed E-state index contributed by atoms with van der Waals surface area (Å²) in [6.45, 7) is 3.38. The van der Waals surface area contributed by atoms with Crippen LogP contribution in [0.2, 0.25) is 0 Å². The van der Waals surface area contributed by atoms with Crippen molar-refractivity contribution in [3.8, 4) is 10.4 Å². The van der Waals surface area contributed by atoms with E-state index >= 15 is 0 Å². The van der Waals surface area contributed by atoms with Gasteiger partial charge in [0.2, 0.25) is 5.91 Å². The first-order valence-electron chi connectivity index (χ1n) is 5.71. The lowest BCUT2D eigenvalue weighted by molar-refractivity contribution is -0.111. The Balaban J connectivity index is 2.44. The maximum Gasteiger partial charge on any atom is 0.350 e. The SMILES string of the molecule is C=CC(=O)Nc1cc(-c2cccnc2)sc1C(=O)OC. The molecular weight excluding hydrogens is 276 g/mol. The molecule has 1 N–H and O–H groups in total. The average molecular weight is 288 g/mol. The molecular formula is C14H12N2O3S. The van der Waals surface area contributed by atoms with Crippen molar-refractivity contribution in [3.63, 3.8) is 0 Å². The zero-order chi connectivity index (χ0) is 14.5. The highest BCUT2D eigenvalue weighted by Gasteiger charge is 2.18. The van der Waals surface area contributed by atoms with Gasteiger partial charge in [0.15, 0.2) is 0 Å². The predicted molar refractivity (Wildman–Crippen MR) is 77.7 cm³/mol. The third kappa shape index (κ3) is 2.92. The number of nitrogens with one attached hydrogen (secondary N) is 1. The molecule has 0 aliphatic rings. The monoisotopic (exact) mass is 288 g/mol. The summed E-state index contributed by atoms with van der Waals surface area (Å²) in [5.74, 6) is -0.879. The van der Waals surface area contributed by atoms with Gasteiger partial charge in [0.25, 0.3) is 0 Å². The number of ether oxygens (including phenoxy) is 1. The van der Waals surface area contributed by atoms with E-state index < -0.39 is 5.97 Å². The standard InChI is InChI=1S/C14H12N2O3S/c1-3-12(17)16-10-7-11(9-5-4-6-15-8-9)20-13(10)14(18)19-2/h3-8H,1H2,2H3,(H,16,17). The van der Waals surface area contributed by atoms with Crippen molar-refractivity contribution < 1.29 is 14.3 Å². The Hall–Kier alpha value is -2.47. The van der Waals surface area contributed by atoms with Gasteiger partial charge in [0.1, 0.15) is 4.88 Å². The van der Waals surface area contributed by atoms with Crippen molar-refractivity contribution in [2.45, 2.75) is 0 Å². The van der Waals surface area contributed by atoms with Gasteiger partial charge in [-0.1, -0.05) is 12.6 Å². The lowest BCUT2D eigenvalue weighted by Gasteiger charge is -2.01. The van der Waals surface area contributed by atoms with E-state index in [9.17, 15) is 9.59 Å². The fourth-order valence-electron chi connectivity index (χ4n) is 1.56. The molecule has 0 atom stereocenters. The van der Waals surface area contributed by atoms with E-state index in [0.717, 1.165) is 16.5 Å². The van der Waals surface area contributed by atoms with Crippen LogP contribution in [-0.4, -0.2) is 24.0 Å². The summed E-state index contributed by atoms with van der Waals surface area (Å²) in [6.07, 6.45) is 4.49. The molecule has 0 spiro atoms. The van der Waals surface area contributed by atoms with Gasteiger partial charge >= 0.3 is 5.97 Å². The number of nitrogens with zero attached hydrogens (tertiary/aromatic N) is 1. The number of hydrogen-bond donors (Lipinski definition) is 1. The quantitative estimate of drug-likeness (QED) is 0.694. The van der Waals surface area contributed by atoms with Crippen LogP contribution in [0.3, 0.4) is 0 Å². The van der Waals surface area contributed by atoms with E-state index in [-0.39, 0.29) is 5.91 Å². The first kappa shape index (κ1) is 14.0. The Morgan fingerprint density at radius 2 is 2.30 bits per heavy atom. The second kappa shape index (κ2) is 6.12. The second-order valence-corrected chi connectivity index (χ2v) is 4.83. The fraction of sp³-hybridized carbons (Fsp3) is 0.0714. The number of amides is 1. The lowest BCUT2D eigenvalue weighted by Crippen LogP contribution is -2.10. The number of esters is 1. The van der Waals surface area contributed by atoms with E-state index in [4.69, 9.17) is 4.74 Å². The zero-order valence-corrected chi connectivity index (χ0v) is 11.6. The van der Waals surface area contributed by atoms with E-state index in [2.05, 4.69) is 16.9 Å². The van der Waals surface area contributed by atoms with Crippen LogP contribution in [0.25, 0.3) is 10.4 Å². The number of methoxy groups -OCH3 is 1. The van der Waals surface area contributed by atoms with Crippen LogP contribution in [0, 0.1) is 0 Å². The molecule has 2 aromatic rings. The smallest absolute Gasteiger partial charge is 0.350 e. The van der Waals surface area contributed by atoms with Gasteiger partial charge in [-0.15, -0.1) is 11.3 Å². The predicted octanol–water partition coefficient (Wildman–Crippen LogP) is 2.72. The van der Waals surface area contributed by atoms with Crippen LogP contribution < -0.4 is 5.32 Å². The van der Waals surface area contributed by atoms with Crippen molar-refractivity contribution >= 4 is 28.9 Å². The van der Waals surface area contributed by atoms with Crippen LogP contribution in [0.4, 0.5) is 5.69 Å². The van der Waals surface area contributed by atoms with Crippen molar-refractivity contribution in [3.05, 3.63) is 48.1 Å². The highest BCUT2D eigenvalue weighted by atomic mass is 32.1. The Kier molecular flexibility index (Phi) is 4.27. The van der Waals surface area contributed by atoms with Crippen LogP contribution in [0.1, 0.15) is 9.67 Å². The largest absolute Gasteiger partial charge is 0.465 e. The zero-order valence-electron chi connectivity index (χ0n) is 10.8. The highest BCUT2D eigenvalue weighted by molar-refractivity contribution is 7.18. The van der Waals surface area contributed by atoms with Gasteiger partial charge in [-0.3, -0.25) is 9.78 Å². The van der Waals surface area contributed by atoms with Crippen molar-refractivity contribution in [1.82, 2.24) is 4.98 Å².